The van der Waals surface area contributed by atoms with E-state index in [4.69, 9.17) is 24.7 Å². The molecule has 0 saturated carbocycles. The third kappa shape index (κ3) is 8.73. The number of pyridine rings is 1. The van der Waals surface area contributed by atoms with Gasteiger partial charge in [-0.3, -0.25) is 4.57 Å². The van der Waals surface area contributed by atoms with Crippen molar-refractivity contribution in [1.29, 1.82) is 0 Å². The summed E-state index contributed by atoms with van der Waals surface area (Å²) in [7, 11) is 2.03. The number of hydrogen-bond donors (Lipinski definition) is 0. The van der Waals surface area contributed by atoms with E-state index in [1.54, 1.807) is 0 Å². The lowest BCUT2D eigenvalue weighted by Gasteiger charge is -2.21. The fourth-order valence-corrected chi connectivity index (χ4v) is 9.22. The molecule has 6 aromatic carbocycles. The SMILES string of the molecule is C[N+]1=C=[N+](c2cc(Oc3cc4c(cc3-c3nc(-c5ccc(C(C)(C)C)cc5)nc(-c5ccc(C(C)(C)C)cc5)n3)c3cc(C(C)(C)C)ccc3n4-c3ccccn3)cc(C(C)(C)C)c2)c2ccccc21. The van der Waals surface area contributed by atoms with Crippen molar-refractivity contribution in [2.45, 2.75) is 105 Å². The molecule has 0 fully saturated rings. The molecule has 0 atom stereocenters. The first kappa shape index (κ1) is 46.2. The van der Waals surface area contributed by atoms with Crippen LogP contribution >= 0.6 is 0 Å². The predicted octanol–water partition coefficient (Wildman–Crippen LogP) is 15.6. The molecule has 0 amide bonds. The standard InChI is InChI=1S/C62H63N7O/c1-59(2,3)41-25-21-39(22-26-41)56-64-57(40-23-27-42(28-24-40)60(4,5)6)66-58(65-56)49-36-48-47-34-43(61(7,8)9)29-30-50(47)69(55-20-16-17-31-63-55)53(48)37-54(49)70-46-33-44(62(10,11)12)32-45(35-46)68-38-67(13)51-18-14-15-19-52(51)68/h14-37H,1-13H3/q+2. The van der Waals surface area contributed by atoms with E-state index in [2.05, 4.69) is 226 Å². The average Bonchev–Trinajstić information content (AvgIpc) is 3.83. The van der Waals surface area contributed by atoms with Crippen LogP contribution in [0.4, 0.5) is 17.1 Å². The molecule has 70 heavy (non-hydrogen) atoms. The van der Waals surface area contributed by atoms with Crippen LogP contribution in [0.1, 0.15) is 105 Å². The highest BCUT2D eigenvalue weighted by Crippen LogP contribution is 2.44. The van der Waals surface area contributed by atoms with Crippen LogP contribution in [0.2, 0.25) is 0 Å². The molecule has 9 aromatic rings. The highest BCUT2D eigenvalue weighted by Gasteiger charge is 2.34. The molecule has 0 aliphatic carbocycles. The van der Waals surface area contributed by atoms with Crippen molar-refractivity contribution < 1.29 is 9.31 Å². The van der Waals surface area contributed by atoms with E-state index in [0.717, 1.165) is 66.9 Å². The lowest BCUT2D eigenvalue weighted by Crippen LogP contribution is -2.12. The third-order valence-corrected chi connectivity index (χ3v) is 13.5. The molecular formula is C62H63N7O+2. The van der Waals surface area contributed by atoms with Crippen LogP contribution in [0.5, 0.6) is 11.5 Å². The maximum Gasteiger partial charge on any atom is 0.496 e. The zero-order chi connectivity index (χ0) is 49.5. The van der Waals surface area contributed by atoms with Gasteiger partial charge in [0.1, 0.15) is 17.3 Å². The molecule has 0 N–H and O–H groups in total. The molecule has 0 unspecified atom stereocenters. The second-order valence-corrected chi connectivity index (χ2v) is 22.9. The first-order chi connectivity index (χ1) is 33.1. The van der Waals surface area contributed by atoms with Crippen LogP contribution in [0.25, 0.3) is 61.8 Å². The number of para-hydroxylation sites is 2. The van der Waals surface area contributed by atoms with Gasteiger partial charge in [0.25, 0.3) is 11.4 Å². The Morgan fingerprint density at radius 1 is 0.486 bits per heavy atom. The van der Waals surface area contributed by atoms with Crippen molar-refractivity contribution in [2.24, 2.45) is 0 Å². The maximum atomic E-state index is 7.38. The Morgan fingerprint density at radius 3 is 1.60 bits per heavy atom. The van der Waals surface area contributed by atoms with E-state index in [1.165, 1.54) is 16.7 Å². The van der Waals surface area contributed by atoms with E-state index in [9.17, 15) is 0 Å². The van der Waals surface area contributed by atoms with Gasteiger partial charge >= 0.3 is 6.01 Å². The molecule has 10 rings (SSSR count). The summed E-state index contributed by atoms with van der Waals surface area (Å²) in [6, 6.07) is 52.9. The smallest absolute Gasteiger partial charge is 0.456 e. The second-order valence-electron chi connectivity index (χ2n) is 22.9. The van der Waals surface area contributed by atoms with Crippen LogP contribution in [0.3, 0.4) is 0 Å². The molecule has 1 aliphatic heterocycles. The number of fused-ring (bicyclic) bond motifs is 4. The van der Waals surface area contributed by atoms with Gasteiger partial charge in [0.15, 0.2) is 24.5 Å². The minimum Gasteiger partial charge on any atom is -0.456 e. The zero-order valence-corrected chi connectivity index (χ0v) is 42.9. The van der Waals surface area contributed by atoms with E-state index in [1.807, 2.05) is 30.0 Å². The summed E-state index contributed by atoms with van der Waals surface area (Å²) < 4.78 is 13.8. The van der Waals surface area contributed by atoms with Gasteiger partial charge in [-0.25, -0.2) is 19.9 Å². The number of rotatable bonds is 7. The Balaban J connectivity index is 1.26. The Labute approximate surface area is 412 Å². The van der Waals surface area contributed by atoms with Crippen molar-refractivity contribution >= 4 is 44.9 Å². The summed E-state index contributed by atoms with van der Waals surface area (Å²) in [4.78, 5) is 20.9. The summed E-state index contributed by atoms with van der Waals surface area (Å²) in [6.07, 6.45) is 1.85. The van der Waals surface area contributed by atoms with Crippen molar-refractivity contribution in [1.82, 2.24) is 29.1 Å². The largest absolute Gasteiger partial charge is 0.496 e. The van der Waals surface area contributed by atoms with Gasteiger partial charge in [-0.1, -0.05) is 160 Å². The van der Waals surface area contributed by atoms with Crippen LogP contribution in [-0.2, 0) is 21.7 Å². The fourth-order valence-electron chi connectivity index (χ4n) is 9.22. The zero-order valence-electron chi connectivity index (χ0n) is 42.9. The summed E-state index contributed by atoms with van der Waals surface area (Å²) in [5.41, 5.74) is 12.1. The van der Waals surface area contributed by atoms with Crippen LogP contribution < -0.4 is 9.31 Å². The molecule has 1 aliphatic rings. The summed E-state index contributed by atoms with van der Waals surface area (Å²) in [5.74, 6) is 3.76. The molecule has 3 aromatic heterocycles. The molecule has 0 spiro atoms. The van der Waals surface area contributed by atoms with Gasteiger partial charge in [-0.2, -0.15) is 0 Å². The molecule has 350 valence electrons. The fraction of sp³-hybridized carbons (Fsp3) is 0.274. The first-order valence-electron chi connectivity index (χ1n) is 24.4. The topological polar surface area (TPSA) is 71.7 Å². The molecule has 0 radical (unpaired) electrons. The monoisotopic (exact) mass is 922 g/mol. The Hall–Kier alpha value is -7.54. The summed E-state index contributed by atoms with van der Waals surface area (Å²) >= 11 is 0. The minimum atomic E-state index is -0.203. The van der Waals surface area contributed by atoms with Crippen molar-refractivity contribution in [3.63, 3.8) is 0 Å². The molecule has 0 bridgehead atoms. The maximum absolute atomic E-state index is 7.38. The molecule has 0 saturated heterocycles. The Bertz CT molecular complexity index is 3490. The molecular weight excluding hydrogens is 859 g/mol. The minimum absolute atomic E-state index is 0.0139. The Morgan fingerprint density at radius 2 is 1.03 bits per heavy atom. The van der Waals surface area contributed by atoms with E-state index >= 15 is 0 Å². The number of benzene rings is 6. The van der Waals surface area contributed by atoms with Crippen molar-refractivity contribution in [3.05, 3.63) is 168 Å². The summed E-state index contributed by atoms with van der Waals surface area (Å²) in [5, 5.41) is 2.14. The lowest BCUT2D eigenvalue weighted by molar-refractivity contribution is -0.394. The lowest BCUT2D eigenvalue weighted by atomic mass is 9.86. The van der Waals surface area contributed by atoms with Gasteiger partial charge in [0.05, 0.1) is 22.7 Å². The van der Waals surface area contributed by atoms with E-state index in [0.29, 0.717) is 29.0 Å². The predicted molar refractivity (Wildman–Crippen MR) is 288 cm³/mol. The van der Waals surface area contributed by atoms with Gasteiger partial charge in [-0.15, -0.1) is 0 Å². The van der Waals surface area contributed by atoms with Crippen LogP contribution in [0.15, 0.2) is 146 Å². The quantitative estimate of drug-likeness (QED) is 0.149. The average molecular weight is 922 g/mol. The number of aromatic nitrogens is 5. The second kappa shape index (κ2) is 16.9. The number of ether oxygens (including phenoxy) is 1. The Kier molecular flexibility index (Phi) is 11.1. The van der Waals surface area contributed by atoms with Crippen molar-refractivity contribution in [3.8, 4) is 51.5 Å². The molecule has 4 heterocycles. The number of nitrogens with zero attached hydrogens (tertiary/aromatic N) is 7. The van der Waals surface area contributed by atoms with E-state index in [-0.39, 0.29) is 21.7 Å². The molecule has 8 nitrogen and oxygen atoms in total. The van der Waals surface area contributed by atoms with Gasteiger partial charge in [0, 0.05) is 52.4 Å². The van der Waals surface area contributed by atoms with E-state index < -0.39 is 0 Å². The third-order valence-electron chi connectivity index (χ3n) is 13.5. The molecule has 8 heteroatoms. The highest BCUT2D eigenvalue weighted by molar-refractivity contribution is 6.11. The normalized spacial score (nSPS) is 13.2. The van der Waals surface area contributed by atoms with Crippen LogP contribution in [0, 0.1) is 0 Å². The van der Waals surface area contributed by atoms with Crippen molar-refractivity contribution in [2.75, 3.05) is 7.05 Å². The van der Waals surface area contributed by atoms with Gasteiger partial charge < -0.3 is 4.74 Å². The highest BCUT2D eigenvalue weighted by atomic mass is 16.5. The van der Waals surface area contributed by atoms with Gasteiger partial charge in [0.2, 0.25) is 5.69 Å². The van der Waals surface area contributed by atoms with Crippen LogP contribution in [-0.4, -0.2) is 42.1 Å². The summed E-state index contributed by atoms with van der Waals surface area (Å²) in [6.45, 7) is 26.9. The number of hydrogen-bond acceptors (Lipinski definition) is 5. The van der Waals surface area contributed by atoms with Gasteiger partial charge in [-0.05, 0) is 84.9 Å². The first-order valence-corrected chi connectivity index (χ1v) is 24.4.